The normalized spacial score (nSPS) is 15.4. The number of nitrogens with zero attached hydrogens (tertiary/aromatic N) is 2. The van der Waals surface area contributed by atoms with Crippen LogP contribution in [0.1, 0.15) is 5.56 Å². The molecule has 1 aliphatic rings. The van der Waals surface area contributed by atoms with Crippen LogP contribution in [-0.2, 0) is 4.79 Å². The number of carbonyl (C=O) groups excluding carboxylic acids is 1. The number of nitrogens with one attached hydrogen (secondary N) is 1. The van der Waals surface area contributed by atoms with Crippen LogP contribution in [-0.4, -0.2) is 48.6 Å². The van der Waals surface area contributed by atoms with Gasteiger partial charge in [-0.05, 0) is 37.7 Å². The number of nitro groups is 1. The predicted molar refractivity (Wildman–Crippen MR) is 100 cm³/mol. The highest BCUT2D eigenvalue weighted by molar-refractivity contribution is 5.94. The number of likely N-dealkylation sites (N-methyl/N-ethyl adjacent to an activating group) is 1. The molecule has 1 atom stereocenters. The van der Waals surface area contributed by atoms with Crippen LogP contribution in [0.2, 0.25) is 0 Å². The minimum Gasteiger partial charge on any atom is -0.486 e. The first-order chi connectivity index (χ1) is 12.9. The quantitative estimate of drug-likeness (QED) is 0.620. The van der Waals surface area contributed by atoms with E-state index in [9.17, 15) is 14.9 Å². The first-order valence-corrected chi connectivity index (χ1v) is 8.54. The SMILES string of the molecule is Cc1ccc(NC(=O)CN(C)C[C@H]2COc3ccccc3O2)c([N+](=O)[O-])c1. The molecule has 2 aromatic carbocycles. The molecule has 8 nitrogen and oxygen atoms in total. The summed E-state index contributed by atoms with van der Waals surface area (Å²) in [6, 6.07) is 12.1. The second-order valence-corrected chi connectivity index (χ2v) is 6.52. The minimum absolute atomic E-state index is 0.0759. The Morgan fingerprint density at radius 2 is 2.04 bits per heavy atom. The van der Waals surface area contributed by atoms with Gasteiger partial charge in [-0.1, -0.05) is 18.2 Å². The van der Waals surface area contributed by atoms with Crippen molar-refractivity contribution in [2.45, 2.75) is 13.0 Å². The fourth-order valence-electron chi connectivity index (χ4n) is 2.90. The maximum absolute atomic E-state index is 12.3. The standard InChI is InChI=1S/C19H21N3O5/c1-13-7-8-15(16(9-13)22(24)25)20-19(23)11-21(2)10-14-12-26-17-5-3-4-6-18(17)27-14/h3-9,14H,10-12H2,1-2H3,(H,20,23)/t14-/m0/s1. The molecule has 0 unspecified atom stereocenters. The lowest BCUT2D eigenvalue weighted by Gasteiger charge is -2.29. The second kappa shape index (κ2) is 8.05. The van der Waals surface area contributed by atoms with Gasteiger partial charge < -0.3 is 14.8 Å². The Morgan fingerprint density at radius 3 is 2.78 bits per heavy atom. The minimum atomic E-state index is -0.503. The Kier molecular flexibility index (Phi) is 5.56. The summed E-state index contributed by atoms with van der Waals surface area (Å²) in [5.41, 5.74) is 0.827. The van der Waals surface area contributed by atoms with Crippen molar-refractivity contribution in [3.05, 3.63) is 58.1 Å². The first-order valence-electron chi connectivity index (χ1n) is 8.54. The number of nitro benzene ring substituents is 1. The van der Waals surface area contributed by atoms with Gasteiger partial charge in [0, 0.05) is 12.6 Å². The number of benzene rings is 2. The molecule has 1 N–H and O–H groups in total. The van der Waals surface area contributed by atoms with E-state index in [0.717, 1.165) is 5.56 Å². The highest BCUT2D eigenvalue weighted by Crippen LogP contribution is 2.31. The van der Waals surface area contributed by atoms with E-state index < -0.39 is 4.92 Å². The van der Waals surface area contributed by atoms with Crippen molar-refractivity contribution in [1.29, 1.82) is 0 Å². The van der Waals surface area contributed by atoms with E-state index in [-0.39, 0.29) is 29.9 Å². The Balaban J connectivity index is 1.55. The molecule has 0 fully saturated rings. The molecule has 0 aliphatic carbocycles. The highest BCUT2D eigenvalue weighted by Gasteiger charge is 2.23. The molecule has 27 heavy (non-hydrogen) atoms. The van der Waals surface area contributed by atoms with E-state index in [0.29, 0.717) is 24.7 Å². The Morgan fingerprint density at radius 1 is 1.30 bits per heavy atom. The van der Waals surface area contributed by atoms with Gasteiger partial charge in [-0.25, -0.2) is 0 Å². The summed E-state index contributed by atoms with van der Waals surface area (Å²) in [7, 11) is 1.78. The zero-order valence-corrected chi connectivity index (χ0v) is 15.2. The van der Waals surface area contributed by atoms with E-state index in [4.69, 9.17) is 9.47 Å². The van der Waals surface area contributed by atoms with Gasteiger partial charge in [0.15, 0.2) is 11.5 Å². The molecule has 3 rings (SSSR count). The van der Waals surface area contributed by atoms with Crippen LogP contribution in [0, 0.1) is 17.0 Å². The number of hydrogen-bond donors (Lipinski definition) is 1. The highest BCUT2D eigenvalue weighted by atomic mass is 16.6. The number of rotatable bonds is 6. The fraction of sp³-hybridized carbons (Fsp3) is 0.316. The monoisotopic (exact) mass is 371 g/mol. The van der Waals surface area contributed by atoms with Crippen LogP contribution >= 0.6 is 0 Å². The predicted octanol–water partition coefficient (Wildman–Crippen LogP) is 2.61. The molecule has 8 heteroatoms. The summed E-state index contributed by atoms with van der Waals surface area (Å²) in [5, 5.41) is 13.8. The summed E-state index contributed by atoms with van der Waals surface area (Å²) in [5.74, 6) is 1.06. The molecule has 0 bridgehead atoms. The topological polar surface area (TPSA) is 93.9 Å². The smallest absolute Gasteiger partial charge is 0.293 e. The number of fused-ring (bicyclic) bond motifs is 1. The Bertz CT molecular complexity index is 855. The van der Waals surface area contributed by atoms with Gasteiger partial charge in [0.05, 0.1) is 11.5 Å². The zero-order chi connectivity index (χ0) is 19.4. The van der Waals surface area contributed by atoms with Crippen LogP contribution in [0.3, 0.4) is 0 Å². The van der Waals surface area contributed by atoms with Gasteiger partial charge in [-0.15, -0.1) is 0 Å². The van der Waals surface area contributed by atoms with Crippen molar-refractivity contribution in [1.82, 2.24) is 4.90 Å². The summed E-state index contributed by atoms with van der Waals surface area (Å²) < 4.78 is 11.5. The summed E-state index contributed by atoms with van der Waals surface area (Å²) >= 11 is 0. The molecule has 1 amide bonds. The number of aryl methyl sites for hydroxylation is 1. The number of para-hydroxylation sites is 2. The van der Waals surface area contributed by atoms with Crippen molar-refractivity contribution in [3.8, 4) is 11.5 Å². The lowest BCUT2D eigenvalue weighted by Crippen LogP contribution is -2.42. The maximum atomic E-state index is 12.3. The third-order valence-electron chi connectivity index (χ3n) is 4.12. The number of amides is 1. The molecule has 0 spiro atoms. The van der Waals surface area contributed by atoms with Gasteiger partial charge >= 0.3 is 0 Å². The zero-order valence-electron chi connectivity index (χ0n) is 15.2. The first kappa shape index (κ1) is 18.7. The van der Waals surface area contributed by atoms with Gasteiger partial charge in [0.25, 0.3) is 5.69 Å². The Labute approximate surface area is 156 Å². The van der Waals surface area contributed by atoms with Crippen molar-refractivity contribution in [3.63, 3.8) is 0 Å². The van der Waals surface area contributed by atoms with E-state index in [1.54, 1.807) is 31.0 Å². The van der Waals surface area contributed by atoms with Crippen molar-refractivity contribution < 1.29 is 19.2 Å². The van der Waals surface area contributed by atoms with E-state index in [1.807, 2.05) is 24.3 Å². The third kappa shape index (κ3) is 4.73. The van der Waals surface area contributed by atoms with Gasteiger partial charge in [-0.3, -0.25) is 19.8 Å². The number of hydrogen-bond acceptors (Lipinski definition) is 6. The van der Waals surface area contributed by atoms with E-state index >= 15 is 0 Å². The summed E-state index contributed by atoms with van der Waals surface area (Å²) in [4.78, 5) is 24.7. The maximum Gasteiger partial charge on any atom is 0.293 e. The Hall–Kier alpha value is -3.13. The van der Waals surface area contributed by atoms with Gasteiger partial charge in [-0.2, -0.15) is 0 Å². The van der Waals surface area contributed by atoms with Crippen molar-refractivity contribution in [2.24, 2.45) is 0 Å². The van der Waals surface area contributed by atoms with Crippen LogP contribution < -0.4 is 14.8 Å². The molecule has 142 valence electrons. The van der Waals surface area contributed by atoms with E-state index in [2.05, 4.69) is 5.32 Å². The average Bonchev–Trinajstić information content (AvgIpc) is 2.62. The molecule has 0 radical (unpaired) electrons. The van der Waals surface area contributed by atoms with Gasteiger partial charge in [0.1, 0.15) is 18.4 Å². The molecule has 0 saturated heterocycles. The molecule has 0 saturated carbocycles. The molecular formula is C19H21N3O5. The van der Waals surface area contributed by atoms with E-state index in [1.165, 1.54) is 6.07 Å². The van der Waals surface area contributed by atoms with Crippen LogP contribution in [0.25, 0.3) is 0 Å². The molecule has 1 heterocycles. The summed E-state index contributed by atoms with van der Waals surface area (Å²) in [6.07, 6.45) is -0.202. The van der Waals surface area contributed by atoms with Crippen LogP contribution in [0.15, 0.2) is 42.5 Å². The average molecular weight is 371 g/mol. The molecule has 0 aromatic heterocycles. The lowest BCUT2D eigenvalue weighted by molar-refractivity contribution is -0.384. The molecule has 2 aromatic rings. The number of anilines is 1. The number of carbonyl (C=O) groups is 1. The van der Waals surface area contributed by atoms with Crippen molar-refractivity contribution in [2.75, 3.05) is 32.1 Å². The lowest BCUT2D eigenvalue weighted by atomic mass is 10.2. The third-order valence-corrected chi connectivity index (χ3v) is 4.12. The number of ether oxygens (including phenoxy) is 2. The van der Waals surface area contributed by atoms with Crippen LogP contribution in [0.5, 0.6) is 11.5 Å². The summed E-state index contributed by atoms with van der Waals surface area (Å²) in [6.45, 7) is 2.72. The van der Waals surface area contributed by atoms with Crippen LogP contribution in [0.4, 0.5) is 11.4 Å². The van der Waals surface area contributed by atoms with Crippen molar-refractivity contribution >= 4 is 17.3 Å². The fourth-order valence-corrected chi connectivity index (χ4v) is 2.90. The second-order valence-electron chi connectivity index (χ2n) is 6.52. The molecular weight excluding hydrogens is 350 g/mol. The molecule has 1 aliphatic heterocycles. The largest absolute Gasteiger partial charge is 0.486 e. The van der Waals surface area contributed by atoms with Gasteiger partial charge in [0.2, 0.25) is 5.91 Å².